The van der Waals surface area contributed by atoms with E-state index in [0.717, 1.165) is 14.7 Å². The van der Waals surface area contributed by atoms with E-state index in [1.165, 1.54) is 44.3 Å². The number of hydrogen-bond donors (Lipinski definition) is 1. The van der Waals surface area contributed by atoms with Gasteiger partial charge in [-0.15, -0.1) is 0 Å². The highest BCUT2D eigenvalue weighted by molar-refractivity contribution is 14.1. The van der Waals surface area contributed by atoms with E-state index in [9.17, 15) is 27.2 Å². The second kappa shape index (κ2) is 8.51. The van der Waals surface area contributed by atoms with Crippen LogP contribution in [0.3, 0.4) is 0 Å². The molecule has 0 spiro atoms. The summed E-state index contributed by atoms with van der Waals surface area (Å²) in [6.45, 7) is 3.07. The number of halogens is 2. The fraction of sp³-hybridized carbons (Fsp3) is 0.136. The largest absolute Gasteiger partial charge is 0.377 e. The van der Waals surface area contributed by atoms with Crippen molar-refractivity contribution in [2.75, 3.05) is 0 Å². The molecule has 1 N–H and O–H groups in total. The van der Waals surface area contributed by atoms with Crippen molar-refractivity contribution in [3.8, 4) is 11.4 Å². The molecule has 2 aromatic heterocycles. The van der Waals surface area contributed by atoms with Gasteiger partial charge in [0.2, 0.25) is 0 Å². The lowest BCUT2D eigenvalue weighted by Gasteiger charge is -2.17. The molecule has 0 amide bonds. The Morgan fingerprint density at radius 1 is 1.03 bits per heavy atom. The number of nitrogens with one attached hydrogen (secondary N) is 1. The monoisotopic (exact) mass is 597 g/mol. The van der Waals surface area contributed by atoms with E-state index in [-0.39, 0.29) is 21.8 Å². The lowest BCUT2D eigenvalue weighted by molar-refractivity contribution is 0.485. The maximum atomic E-state index is 14.8. The summed E-state index contributed by atoms with van der Waals surface area (Å²) in [4.78, 5) is 40.5. The van der Waals surface area contributed by atoms with Gasteiger partial charge in [0.25, 0.3) is 11.1 Å². The molecule has 0 bridgehead atoms. The quantitative estimate of drug-likeness (QED) is 0.285. The highest BCUT2D eigenvalue weighted by atomic mass is 127. The second-order valence-corrected chi connectivity index (χ2v) is 10.3. The molecule has 0 radical (unpaired) electrons. The molecule has 0 aliphatic carbocycles. The molecule has 0 unspecified atom stereocenters. The summed E-state index contributed by atoms with van der Waals surface area (Å²) in [6, 6.07) is 9.79. The number of fused-ring (bicyclic) bond motifs is 1. The average Bonchev–Trinajstić information content (AvgIpc) is 2.76. The Balaban J connectivity index is 2.11. The lowest BCUT2D eigenvalue weighted by Crippen LogP contribution is -2.35. The van der Waals surface area contributed by atoms with Crippen LogP contribution in [0.4, 0.5) is 4.39 Å². The molecule has 0 fully saturated rings. The molecule has 0 aliphatic rings. The minimum absolute atomic E-state index is 0.176. The normalized spacial score (nSPS) is 11.7. The van der Waals surface area contributed by atoms with Crippen LogP contribution in [-0.4, -0.2) is 22.5 Å². The van der Waals surface area contributed by atoms with Crippen molar-refractivity contribution in [3.05, 3.63) is 94.2 Å². The molecule has 0 aliphatic heterocycles. The third-order valence-electron chi connectivity index (χ3n) is 5.25. The molecule has 0 saturated carbocycles. The zero-order valence-corrected chi connectivity index (χ0v) is 21.0. The Morgan fingerprint density at radius 2 is 1.68 bits per heavy atom. The van der Waals surface area contributed by atoms with Gasteiger partial charge < -0.3 is 4.18 Å². The number of nitrogens with zero attached hydrogens (tertiary/aromatic N) is 2. The van der Waals surface area contributed by atoms with Crippen molar-refractivity contribution < 1.29 is 17.0 Å². The zero-order valence-electron chi connectivity index (χ0n) is 18.0. The van der Waals surface area contributed by atoms with Crippen LogP contribution in [0.2, 0.25) is 0 Å². The van der Waals surface area contributed by atoms with E-state index < -0.39 is 43.9 Å². The van der Waals surface area contributed by atoms with Crippen molar-refractivity contribution in [2.24, 2.45) is 7.05 Å². The Hall–Kier alpha value is -3.26. The van der Waals surface area contributed by atoms with Gasteiger partial charge in [-0.25, -0.2) is 13.8 Å². The molecule has 2 aromatic carbocycles. The first-order valence-electron chi connectivity index (χ1n) is 9.77. The summed E-state index contributed by atoms with van der Waals surface area (Å²) in [5.74, 6) is -1.33. The van der Waals surface area contributed by atoms with Gasteiger partial charge >= 0.3 is 15.8 Å². The molecule has 2 heterocycles. The first-order valence-corrected chi connectivity index (χ1v) is 12.3. The molecule has 4 aromatic rings. The van der Waals surface area contributed by atoms with E-state index in [1.54, 1.807) is 19.1 Å². The van der Waals surface area contributed by atoms with Crippen molar-refractivity contribution >= 4 is 43.7 Å². The Bertz CT molecular complexity index is 1760. The van der Waals surface area contributed by atoms with Gasteiger partial charge in [0.05, 0.1) is 11.3 Å². The number of benzene rings is 2. The predicted molar refractivity (Wildman–Crippen MR) is 132 cm³/mol. The third-order valence-corrected chi connectivity index (χ3v) is 7.16. The molecule has 4 rings (SSSR count). The van der Waals surface area contributed by atoms with Gasteiger partial charge in [0.15, 0.2) is 5.75 Å². The number of aromatic amines is 1. The minimum atomic E-state index is -4.46. The summed E-state index contributed by atoms with van der Waals surface area (Å²) >= 11 is 1.89. The third kappa shape index (κ3) is 3.96. The molecule has 0 atom stereocenters. The first kappa shape index (κ1) is 23.9. The van der Waals surface area contributed by atoms with Gasteiger partial charge in [-0.3, -0.25) is 19.1 Å². The van der Waals surface area contributed by atoms with Crippen LogP contribution in [-0.2, 0) is 17.2 Å². The van der Waals surface area contributed by atoms with Crippen LogP contribution in [0, 0.1) is 23.2 Å². The van der Waals surface area contributed by atoms with Crippen LogP contribution < -0.4 is 21.0 Å². The summed E-state index contributed by atoms with van der Waals surface area (Å²) in [7, 11) is -3.17. The fourth-order valence-corrected chi connectivity index (χ4v) is 4.98. The van der Waals surface area contributed by atoms with Crippen LogP contribution in [0.25, 0.3) is 16.7 Å². The van der Waals surface area contributed by atoms with Gasteiger partial charge in [0, 0.05) is 10.6 Å². The number of aromatic nitrogens is 3. The molecular formula is C22H17FIN3O6S. The molecule has 9 nitrogen and oxygen atoms in total. The van der Waals surface area contributed by atoms with Crippen LogP contribution in [0.1, 0.15) is 11.1 Å². The number of rotatable bonds is 4. The van der Waals surface area contributed by atoms with Crippen molar-refractivity contribution in [3.63, 3.8) is 0 Å². The SMILES string of the molecule is Cc1ccc(S(=O)(=O)Oc2c(C)c(=O)n(C)c3c2c(=O)[nH]c(=O)n3-c2ccc(I)cc2F)cc1. The second-order valence-electron chi connectivity index (χ2n) is 7.56. The zero-order chi connectivity index (χ0) is 24.9. The summed E-state index contributed by atoms with van der Waals surface area (Å²) < 4.78 is 48.4. The highest BCUT2D eigenvalue weighted by Gasteiger charge is 2.26. The molecular weight excluding hydrogens is 580 g/mol. The summed E-state index contributed by atoms with van der Waals surface area (Å²) in [5.41, 5.74) is -2.65. The van der Waals surface area contributed by atoms with Crippen LogP contribution >= 0.6 is 22.6 Å². The lowest BCUT2D eigenvalue weighted by atomic mass is 10.2. The van der Waals surface area contributed by atoms with E-state index in [1.807, 2.05) is 22.6 Å². The van der Waals surface area contributed by atoms with Gasteiger partial charge in [0.1, 0.15) is 21.7 Å². The van der Waals surface area contributed by atoms with Gasteiger partial charge in [-0.05, 0) is 66.8 Å². The number of aryl methyl sites for hydroxylation is 2. The van der Waals surface area contributed by atoms with Crippen LogP contribution in [0.5, 0.6) is 5.75 Å². The van der Waals surface area contributed by atoms with Crippen molar-refractivity contribution in [1.29, 1.82) is 0 Å². The van der Waals surface area contributed by atoms with E-state index >= 15 is 0 Å². The summed E-state index contributed by atoms with van der Waals surface area (Å²) in [5, 5.41) is -0.396. The van der Waals surface area contributed by atoms with Crippen molar-refractivity contribution in [2.45, 2.75) is 18.7 Å². The predicted octanol–water partition coefficient (Wildman–Crippen LogP) is 2.51. The number of H-pyrrole nitrogens is 1. The summed E-state index contributed by atoms with van der Waals surface area (Å²) in [6.07, 6.45) is 0. The Labute approximate surface area is 205 Å². The first-order chi connectivity index (χ1) is 15.9. The highest BCUT2D eigenvalue weighted by Crippen LogP contribution is 2.28. The minimum Gasteiger partial charge on any atom is -0.377 e. The van der Waals surface area contributed by atoms with E-state index in [2.05, 4.69) is 4.98 Å². The molecule has 176 valence electrons. The van der Waals surface area contributed by atoms with Crippen molar-refractivity contribution in [1.82, 2.24) is 14.1 Å². The van der Waals surface area contributed by atoms with Gasteiger partial charge in [-0.2, -0.15) is 8.42 Å². The Morgan fingerprint density at radius 3 is 2.29 bits per heavy atom. The van der Waals surface area contributed by atoms with E-state index in [0.29, 0.717) is 3.57 Å². The van der Waals surface area contributed by atoms with Gasteiger partial charge in [-0.1, -0.05) is 17.7 Å². The number of pyridine rings is 1. The molecule has 12 heteroatoms. The topological polar surface area (TPSA) is 120 Å². The van der Waals surface area contributed by atoms with Crippen LogP contribution in [0.15, 0.2) is 61.7 Å². The maximum Gasteiger partial charge on any atom is 0.339 e. The standard InChI is InChI=1S/C22H17FIN3O6S/c1-11-4-7-14(8-5-11)34(31,32)33-18-12(2)21(29)26(3)20-17(18)19(28)25-22(30)27(20)16-9-6-13(24)10-15(16)23/h4-10H,1-3H3,(H,25,28,30). The molecule has 0 saturated heterocycles. The average molecular weight is 597 g/mol. The molecule has 34 heavy (non-hydrogen) atoms. The maximum absolute atomic E-state index is 14.8. The van der Waals surface area contributed by atoms with E-state index in [4.69, 9.17) is 4.18 Å². The number of hydrogen-bond acceptors (Lipinski definition) is 6. The fourth-order valence-electron chi connectivity index (χ4n) is 3.53. The smallest absolute Gasteiger partial charge is 0.339 e. The Kier molecular flexibility index (Phi) is 5.97.